The van der Waals surface area contributed by atoms with Gasteiger partial charge in [-0.1, -0.05) is 48.5 Å². The number of benzene rings is 2. The van der Waals surface area contributed by atoms with E-state index >= 15 is 0 Å². The molecular formula is C20H23NO5S. The average molecular weight is 389 g/mol. The van der Waals surface area contributed by atoms with Crippen LogP contribution >= 0.6 is 0 Å². The summed E-state index contributed by atoms with van der Waals surface area (Å²) in [7, 11) is -3.44. The lowest BCUT2D eigenvalue weighted by atomic mass is 10.0. The van der Waals surface area contributed by atoms with Gasteiger partial charge in [0.25, 0.3) is 0 Å². The SMILES string of the molecule is CS(=O)(=O)c1ccccc1CC(=O)NC(CCC(=O)O)Cc1ccccc1. The number of hydrogen-bond donors (Lipinski definition) is 2. The molecule has 0 aliphatic carbocycles. The van der Waals surface area contributed by atoms with Crippen LogP contribution in [0.2, 0.25) is 0 Å². The molecule has 2 aromatic rings. The third kappa shape index (κ3) is 6.86. The highest BCUT2D eigenvalue weighted by molar-refractivity contribution is 7.90. The summed E-state index contributed by atoms with van der Waals surface area (Å²) in [4.78, 5) is 23.5. The zero-order valence-electron chi connectivity index (χ0n) is 15.1. The van der Waals surface area contributed by atoms with E-state index in [0.29, 0.717) is 18.4 Å². The van der Waals surface area contributed by atoms with Gasteiger partial charge in [0.15, 0.2) is 9.84 Å². The molecule has 0 fully saturated rings. The average Bonchev–Trinajstić information content (AvgIpc) is 2.60. The second-order valence-electron chi connectivity index (χ2n) is 6.44. The monoisotopic (exact) mass is 389 g/mol. The molecule has 0 spiro atoms. The topological polar surface area (TPSA) is 101 Å². The fraction of sp³-hybridized carbons (Fsp3) is 0.300. The Hall–Kier alpha value is -2.67. The second kappa shape index (κ2) is 9.32. The molecule has 2 rings (SSSR count). The maximum absolute atomic E-state index is 12.5. The Morgan fingerprint density at radius 2 is 1.67 bits per heavy atom. The van der Waals surface area contributed by atoms with Crippen molar-refractivity contribution in [1.82, 2.24) is 5.32 Å². The molecule has 0 saturated heterocycles. The fourth-order valence-corrected chi connectivity index (χ4v) is 3.83. The molecule has 0 aliphatic rings. The van der Waals surface area contributed by atoms with Gasteiger partial charge in [-0.25, -0.2) is 8.42 Å². The minimum Gasteiger partial charge on any atom is -0.481 e. The molecule has 27 heavy (non-hydrogen) atoms. The molecule has 0 aromatic heterocycles. The summed E-state index contributed by atoms with van der Waals surface area (Å²) in [5, 5.41) is 11.8. The Kier molecular flexibility index (Phi) is 7.12. The third-order valence-corrected chi connectivity index (χ3v) is 5.32. The van der Waals surface area contributed by atoms with Gasteiger partial charge in [0.05, 0.1) is 11.3 Å². The number of hydrogen-bond acceptors (Lipinski definition) is 4. The van der Waals surface area contributed by atoms with Gasteiger partial charge in [-0.05, 0) is 30.0 Å². The molecule has 1 atom stereocenters. The summed E-state index contributed by atoms with van der Waals surface area (Å²) in [5.41, 5.74) is 1.42. The molecule has 0 bridgehead atoms. The van der Waals surface area contributed by atoms with Crippen LogP contribution in [-0.4, -0.2) is 37.7 Å². The molecule has 144 valence electrons. The number of rotatable bonds is 9. The zero-order chi connectivity index (χ0) is 19.9. The lowest BCUT2D eigenvalue weighted by Gasteiger charge is -2.19. The van der Waals surface area contributed by atoms with Gasteiger partial charge in [0, 0.05) is 18.7 Å². The van der Waals surface area contributed by atoms with E-state index in [9.17, 15) is 18.0 Å². The number of aliphatic carboxylic acids is 1. The highest BCUT2D eigenvalue weighted by Crippen LogP contribution is 2.16. The first-order valence-electron chi connectivity index (χ1n) is 8.58. The molecule has 0 heterocycles. The number of carbonyl (C=O) groups excluding carboxylic acids is 1. The van der Waals surface area contributed by atoms with Gasteiger partial charge in [-0.2, -0.15) is 0 Å². The van der Waals surface area contributed by atoms with Crippen molar-refractivity contribution in [2.45, 2.75) is 36.6 Å². The van der Waals surface area contributed by atoms with Crippen molar-refractivity contribution in [2.24, 2.45) is 0 Å². The summed E-state index contributed by atoms with van der Waals surface area (Å²) in [5.74, 6) is -1.26. The van der Waals surface area contributed by atoms with Crippen LogP contribution in [0.25, 0.3) is 0 Å². The van der Waals surface area contributed by atoms with E-state index in [0.717, 1.165) is 11.8 Å². The first kappa shape index (κ1) is 20.6. The van der Waals surface area contributed by atoms with E-state index in [1.54, 1.807) is 18.2 Å². The maximum Gasteiger partial charge on any atom is 0.303 e. The molecule has 0 radical (unpaired) electrons. The van der Waals surface area contributed by atoms with Crippen molar-refractivity contribution in [3.05, 3.63) is 65.7 Å². The standard InChI is InChI=1S/C20H23NO5S/c1-27(25,26)18-10-6-5-9-16(18)14-19(22)21-17(11-12-20(23)24)13-15-7-3-2-4-8-15/h2-10,17H,11-14H2,1H3,(H,21,22)(H,23,24). The van der Waals surface area contributed by atoms with Gasteiger partial charge in [0.2, 0.25) is 5.91 Å². The van der Waals surface area contributed by atoms with E-state index in [4.69, 9.17) is 5.11 Å². The van der Waals surface area contributed by atoms with Gasteiger partial charge in [0.1, 0.15) is 0 Å². The number of nitrogens with one attached hydrogen (secondary N) is 1. The molecule has 1 unspecified atom stereocenters. The molecule has 6 nitrogen and oxygen atoms in total. The minimum absolute atomic E-state index is 0.0578. The predicted octanol–water partition coefficient (Wildman–Crippen LogP) is 2.22. The van der Waals surface area contributed by atoms with Crippen molar-refractivity contribution in [2.75, 3.05) is 6.26 Å². The Morgan fingerprint density at radius 1 is 1.04 bits per heavy atom. The van der Waals surface area contributed by atoms with Crippen molar-refractivity contribution in [3.63, 3.8) is 0 Å². The van der Waals surface area contributed by atoms with Crippen molar-refractivity contribution >= 4 is 21.7 Å². The molecule has 2 aromatic carbocycles. The smallest absolute Gasteiger partial charge is 0.303 e. The molecule has 1 amide bonds. The fourth-order valence-electron chi connectivity index (χ4n) is 2.88. The van der Waals surface area contributed by atoms with Crippen molar-refractivity contribution in [1.29, 1.82) is 0 Å². The molecule has 0 saturated carbocycles. The van der Waals surface area contributed by atoms with Crippen LogP contribution in [0.1, 0.15) is 24.0 Å². The van der Waals surface area contributed by atoms with E-state index in [-0.39, 0.29) is 29.7 Å². The number of amides is 1. The molecular weight excluding hydrogens is 366 g/mol. The summed E-state index contributed by atoms with van der Waals surface area (Å²) in [6.45, 7) is 0. The van der Waals surface area contributed by atoms with E-state index < -0.39 is 15.8 Å². The lowest BCUT2D eigenvalue weighted by molar-refractivity contribution is -0.137. The van der Waals surface area contributed by atoms with Crippen LogP contribution in [0.3, 0.4) is 0 Å². The van der Waals surface area contributed by atoms with Gasteiger partial charge >= 0.3 is 5.97 Å². The molecule has 7 heteroatoms. The highest BCUT2D eigenvalue weighted by atomic mass is 32.2. The van der Waals surface area contributed by atoms with Crippen molar-refractivity contribution in [3.8, 4) is 0 Å². The van der Waals surface area contributed by atoms with Gasteiger partial charge in [-0.15, -0.1) is 0 Å². The van der Waals surface area contributed by atoms with Crippen LogP contribution in [-0.2, 0) is 32.3 Å². The van der Waals surface area contributed by atoms with Crippen LogP contribution in [0.15, 0.2) is 59.5 Å². The van der Waals surface area contributed by atoms with Gasteiger partial charge < -0.3 is 10.4 Å². The lowest BCUT2D eigenvalue weighted by Crippen LogP contribution is -2.38. The predicted molar refractivity (Wildman–Crippen MR) is 102 cm³/mol. The summed E-state index contributed by atoms with van der Waals surface area (Å²) in [6, 6.07) is 15.5. The quantitative estimate of drug-likeness (QED) is 0.685. The van der Waals surface area contributed by atoms with Gasteiger partial charge in [-0.3, -0.25) is 9.59 Å². The molecule has 0 aliphatic heterocycles. The first-order chi connectivity index (χ1) is 12.8. The highest BCUT2D eigenvalue weighted by Gasteiger charge is 2.18. The van der Waals surface area contributed by atoms with Crippen LogP contribution in [0.5, 0.6) is 0 Å². The van der Waals surface area contributed by atoms with Crippen molar-refractivity contribution < 1.29 is 23.1 Å². The van der Waals surface area contributed by atoms with E-state index in [1.807, 2.05) is 30.3 Å². The normalized spacial score (nSPS) is 12.3. The summed E-state index contributed by atoms with van der Waals surface area (Å²) < 4.78 is 23.8. The molecule has 2 N–H and O–H groups in total. The Balaban J connectivity index is 2.10. The van der Waals surface area contributed by atoms with Crippen LogP contribution in [0, 0.1) is 0 Å². The maximum atomic E-state index is 12.5. The number of sulfone groups is 1. The number of carbonyl (C=O) groups is 2. The Labute approximate surface area is 159 Å². The van der Waals surface area contributed by atoms with E-state index in [1.165, 1.54) is 6.07 Å². The zero-order valence-corrected chi connectivity index (χ0v) is 15.9. The third-order valence-electron chi connectivity index (χ3n) is 4.12. The minimum atomic E-state index is -3.44. The first-order valence-corrected chi connectivity index (χ1v) is 10.5. The van der Waals surface area contributed by atoms with E-state index in [2.05, 4.69) is 5.32 Å². The summed E-state index contributed by atoms with van der Waals surface area (Å²) >= 11 is 0. The number of carboxylic acids is 1. The second-order valence-corrected chi connectivity index (χ2v) is 8.43. The number of carboxylic acid groups (broad SMARTS) is 1. The Bertz CT molecular complexity index is 894. The van der Waals surface area contributed by atoms with Crippen LogP contribution < -0.4 is 5.32 Å². The van der Waals surface area contributed by atoms with Crippen LogP contribution in [0.4, 0.5) is 0 Å². The Morgan fingerprint density at radius 3 is 2.30 bits per heavy atom. The largest absolute Gasteiger partial charge is 0.481 e. The summed E-state index contributed by atoms with van der Waals surface area (Å²) in [6.07, 6.45) is 1.77.